The van der Waals surface area contributed by atoms with Gasteiger partial charge in [-0.3, -0.25) is 0 Å². The van der Waals surface area contributed by atoms with E-state index in [0.29, 0.717) is 0 Å². The summed E-state index contributed by atoms with van der Waals surface area (Å²) in [7, 11) is -2.67. The van der Waals surface area contributed by atoms with Gasteiger partial charge in [0.1, 0.15) is 0 Å². The van der Waals surface area contributed by atoms with E-state index in [9.17, 15) is 0 Å². The normalized spacial score (nSPS) is 21.7. The van der Waals surface area contributed by atoms with Crippen LogP contribution in [0.2, 0.25) is 6.04 Å². The van der Waals surface area contributed by atoms with Gasteiger partial charge in [0.25, 0.3) is 0 Å². The van der Waals surface area contributed by atoms with Crippen LogP contribution in [0.4, 0.5) is 0 Å². The minimum Gasteiger partial charge on any atom is -0.371 e. The standard InChI is InChI=1S/C20H40O3Si/c1-7-17(4)21-24(22-18(5)8-2,23-19(6)9-3)16-15-20-13-11-10-12-14-20/h13,17-19H,7-12,14-16H2,1-6H3. The van der Waals surface area contributed by atoms with E-state index in [1.165, 1.54) is 25.7 Å². The summed E-state index contributed by atoms with van der Waals surface area (Å²) in [5.74, 6) is 0. The molecule has 0 bridgehead atoms. The lowest BCUT2D eigenvalue weighted by Crippen LogP contribution is -2.51. The van der Waals surface area contributed by atoms with Gasteiger partial charge < -0.3 is 13.3 Å². The number of allylic oxidation sites excluding steroid dienone is 2. The third-order valence-electron chi connectivity index (χ3n) is 5.00. The summed E-state index contributed by atoms with van der Waals surface area (Å²) in [6.07, 6.45) is 12.2. The van der Waals surface area contributed by atoms with Crippen molar-refractivity contribution in [2.45, 2.75) is 117 Å². The molecule has 0 N–H and O–H groups in total. The molecule has 24 heavy (non-hydrogen) atoms. The smallest absolute Gasteiger partial charge is 0.371 e. The van der Waals surface area contributed by atoms with Crippen LogP contribution in [0.5, 0.6) is 0 Å². The van der Waals surface area contributed by atoms with Gasteiger partial charge in [-0.25, -0.2) is 0 Å². The molecule has 0 radical (unpaired) electrons. The predicted molar refractivity (Wildman–Crippen MR) is 104 cm³/mol. The summed E-state index contributed by atoms with van der Waals surface area (Å²) in [5.41, 5.74) is 1.58. The summed E-state index contributed by atoms with van der Waals surface area (Å²) < 4.78 is 19.5. The van der Waals surface area contributed by atoms with Gasteiger partial charge in [0.15, 0.2) is 0 Å². The van der Waals surface area contributed by atoms with Crippen LogP contribution < -0.4 is 0 Å². The maximum absolute atomic E-state index is 6.49. The van der Waals surface area contributed by atoms with E-state index in [1.54, 1.807) is 5.57 Å². The van der Waals surface area contributed by atoms with Gasteiger partial charge in [-0.1, -0.05) is 32.4 Å². The second kappa shape index (κ2) is 11.5. The van der Waals surface area contributed by atoms with Gasteiger partial charge in [0, 0.05) is 24.4 Å². The zero-order valence-corrected chi connectivity index (χ0v) is 17.9. The summed E-state index contributed by atoms with van der Waals surface area (Å²) in [4.78, 5) is 0. The Hall–Kier alpha value is -0.163. The topological polar surface area (TPSA) is 27.7 Å². The van der Waals surface area contributed by atoms with Gasteiger partial charge in [-0.05, 0) is 72.1 Å². The fourth-order valence-electron chi connectivity index (χ4n) is 2.88. The van der Waals surface area contributed by atoms with Crippen molar-refractivity contribution < 1.29 is 13.3 Å². The van der Waals surface area contributed by atoms with Crippen LogP contribution in [0.25, 0.3) is 0 Å². The highest BCUT2D eigenvalue weighted by Crippen LogP contribution is 2.30. The lowest BCUT2D eigenvalue weighted by Gasteiger charge is -2.36. The van der Waals surface area contributed by atoms with Crippen LogP contribution in [-0.2, 0) is 13.3 Å². The number of hydrogen-bond acceptors (Lipinski definition) is 3. The molecule has 0 aliphatic heterocycles. The fraction of sp³-hybridized carbons (Fsp3) is 0.900. The Morgan fingerprint density at radius 3 is 1.75 bits per heavy atom. The molecule has 3 atom stereocenters. The second-order valence-electron chi connectivity index (χ2n) is 7.30. The van der Waals surface area contributed by atoms with E-state index in [0.717, 1.165) is 31.7 Å². The van der Waals surface area contributed by atoms with E-state index in [1.807, 2.05) is 0 Å². The van der Waals surface area contributed by atoms with Crippen molar-refractivity contribution in [2.24, 2.45) is 0 Å². The van der Waals surface area contributed by atoms with E-state index < -0.39 is 8.80 Å². The van der Waals surface area contributed by atoms with Gasteiger partial charge in [0.2, 0.25) is 0 Å². The van der Waals surface area contributed by atoms with Crippen molar-refractivity contribution in [2.75, 3.05) is 0 Å². The van der Waals surface area contributed by atoms with Crippen molar-refractivity contribution in [3.05, 3.63) is 11.6 Å². The molecule has 0 spiro atoms. The molecular formula is C20H40O3Si. The van der Waals surface area contributed by atoms with Crippen LogP contribution in [0.15, 0.2) is 11.6 Å². The molecule has 0 heterocycles. The maximum Gasteiger partial charge on any atom is 0.501 e. The van der Waals surface area contributed by atoms with E-state index in [-0.39, 0.29) is 18.3 Å². The maximum atomic E-state index is 6.49. The molecule has 0 aromatic heterocycles. The molecular weight excluding hydrogens is 316 g/mol. The minimum atomic E-state index is -2.67. The van der Waals surface area contributed by atoms with Crippen molar-refractivity contribution in [1.29, 1.82) is 0 Å². The van der Waals surface area contributed by atoms with Crippen LogP contribution in [0.1, 0.15) is 92.9 Å². The molecule has 0 saturated heterocycles. The SMILES string of the molecule is CCC(C)O[Si](CCC1=CCCCC1)(OC(C)CC)OC(C)CC. The molecule has 0 amide bonds. The van der Waals surface area contributed by atoms with E-state index in [2.05, 4.69) is 47.6 Å². The van der Waals surface area contributed by atoms with Gasteiger partial charge in [-0.15, -0.1) is 0 Å². The Kier molecular flexibility index (Phi) is 10.4. The second-order valence-corrected chi connectivity index (χ2v) is 9.87. The minimum absolute atomic E-state index is 0.185. The molecule has 0 aromatic carbocycles. The number of rotatable bonds is 12. The molecule has 1 rings (SSSR count). The van der Waals surface area contributed by atoms with Gasteiger partial charge >= 0.3 is 8.80 Å². The lowest BCUT2D eigenvalue weighted by atomic mass is 9.98. The molecule has 3 unspecified atom stereocenters. The first-order valence-electron chi connectivity index (χ1n) is 10.2. The molecule has 1 aliphatic rings. The largest absolute Gasteiger partial charge is 0.501 e. The molecule has 3 nitrogen and oxygen atoms in total. The highest BCUT2D eigenvalue weighted by Gasteiger charge is 2.44. The van der Waals surface area contributed by atoms with Crippen LogP contribution in [0.3, 0.4) is 0 Å². The van der Waals surface area contributed by atoms with Crippen molar-refractivity contribution >= 4 is 8.80 Å². The Labute approximate surface area is 151 Å². The zero-order valence-electron chi connectivity index (χ0n) is 16.9. The average molecular weight is 357 g/mol. The first kappa shape index (κ1) is 21.9. The number of hydrogen-bond donors (Lipinski definition) is 0. The first-order valence-corrected chi connectivity index (χ1v) is 12.1. The Morgan fingerprint density at radius 1 is 0.875 bits per heavy atom. The predicted octanol–water partition coefficient (Wildman–Crippen LogP) is 6.26. The first-order chi connectivity index (χ1) is 11.4. The van der Waals surface area contributed by atoms with Crippen LogP contribution in [0, 0.1) is 0 Å². The Bertz CT molecular complexity index is 339. The third kappa shape index (κ3) is 7.81. The summed E-state index contributed by atoms with van der Waals surface area (Å²) >= 11 is 0. The highest BCUT2D eigenvalue weighted by molar-refractivity contribution is 6.60. The molecule has 0 fully saturated rings. The average Bonchev–Trinajstić information content (AvgIpc) is 2.60. The van der Waals surface area contributed by atoms with Crippen LogP contribution in [-0.4, -0.2) is 27.1 Å². The Morgan fingerprint density at radius 2 is 1.38 bits per heavy atom. The van der Waals surface area contributed by atoms with Gasteiger partial charge in [0.05, 0.1) is 0 Å². The lowest BCUT2D eigenvalue weighted by molar-refractivity contribution is -0.0107. The molecule has 0 aromatic rings. The van der Waals surface area contributed by atoms with Crippen molar-refractivity contribution in [3.63, 3.8) is 0 Å². The molecule has 4 heteroatoms. The molecule has 0 saturated carbocycles. The monoisotopic (exact) mass is 356 g/mol. The zero-order chi connectivity index (χ0) is 18.0. The van der Waals surface area contributed by atoms with Crippen molar-refractivity contribution in [1.82, 2.24) is 0 Å². The summed E-state index contributed by atoms with van der Waals surface area (Å²) in [6, 6.07) is 0.915. The summed E-state index contributed by atoms with van der Waals surface area (Å²) in [6.45, 7) is 12.9. The fourth-order valence-corrected chi connectivity index (χ4v) is 6.36. The quantitative estimate of drug-likeness (QED) is 0.305. The third-order valence-corrected chi connectivity index (χ3v) is 8.15. The van der Waals surface area contributed by atoms with E-state index in [4.69, 9.17) is 13.3 Å². The van der Waals surface area contributed by atoms with E-state index >= 15 is 0 Å². The molecule has 142 valence electrons. The van der Waals surface area contributed by atoms with Crippen molar-refractivity contribution in [3.8, 4) is 0 Å². The summed E-state index contributed by atoms with van der Waals surface area (Å²) in [5, 5.41) is 0. The van der Waals surface area contributed by atoms with Crippen LogP contribution >= 0.6 is 0 Å². The van der Waals surface area contributed by atoms with Gasteiger partial charge in [-0.2, -0.15) is 0 Å². The molecule has 1 aliphatic carbocycles. The highest BCUT2D eigenvalue weighted by atomic mass is 28.4. The Balaban J connectivity index is 2.90.